The van der Waals surface area contributed by atoms with Crippen LogP contribution in [0.25, 0.3) is 6.08 Å². The number of allylic oxidation sites excluding steroid dienone is 1. The highest BCUT2D eigenvalue weighted by molar-refractivity contribution is 6.16. The molecule has 0 aromatic heterocycles. The fourth-order valence-electron chi connectivity index (χ4n) is 3.61. The lowest BCUT2D eigenvalue weighted by molar-refractivity contribution is 0.0696. The van der Waals surface area contributed by atoms with E-state index in [1.54, 1.807) is 30.3 Å². The number of Topliss-reactive ketones (excluding diaryl/α,β-unsaturated/α-hetero) is 1. The van der Waals surface area contributed by atoms with E-state index in [0.29, 0.717) is 17.6 Å². The molecule has 0 saturated carbocycles. The molecule has 2 aromatic carbocycles. The number of benzene rings is 2. The van der Waals surface area contributed by atoms with Gasteiger partial charge < -0.3 is 5.11 Å². The molecular formula is C20H16O3. The minimum Gasteiger partial charge on any atom is -0.478 e. The lowest BCUT2D eigenvalue weighted by Gasteiger charge is -2.02. The molecule has 0 atom stereocenters. The standard InChI is InChI=1S/C20H16O3/c21-19-16(9-14-4-1-2-7-17(14)20(22)23)10-15-8-12-5-3-6-13(12)11-18(15)19/h1-2,4,7-9,11H,3,5-6,10H2,(H,22,23)/b16-9-. The zero-order valence-corrected chi connectivity index (χ0v) is 12.6. The molecule has 0 aliphatic heterocycles. The van der Waals surface area contributed by atoms with E-state index < -0.39 is 5.97 Å². The summed E-state index contributed by atoms with van der Waals surface area (Å²) in [5.74, 6) is -0.936. The molecule has 23 heavy (non-hydrogen) atoms. The van der Waals surface area contributed by atoms with Crippen LogP contribution in [0.15, 0.2) is 42.0 Å². The highest BCUT2D eigenvalue weighted by atomic mass is 16.4. The summed E-state index contributed by atoms with van der Waals surface area (Å²) in [5, 5.41) is 9.28. The maximum atomic E-state index is 12.7. The predicted octanol–water partition coefficient (Wildman–Crippen LogP) is 3.70. The summed E-state index contributed by atoms with van der Waals surface area (Å²) in [6.07, 6.45) is 5.64. The second kappa shape index (κ2) is 5.20. The van der Waals surface area contributed by atoms with Gasteiger partial charge in [0, 0.05) is 17.6 Å². The molecule has 0 bridgehead atoms. The van der Waals surface area contributed by atoms with Gasteiger partial charge in [0.05, 0.1) is 5.56 Å². The summed E-state index contributed by atoms with van der Waals surface area (Å²) in [4.78, 5) is 24.0. The van der Waals surface area contributed by atoms with E-state index in [1.807, 2.05) is 6.07 Å². The van der Waals surface area contributed by atoms with Gasteiger partial charge in [0.25, 0.3) is 0 Å². The van der Waals surface area contributed by atoms with Crippen LogP contribution in [0.5, 0.6) is 0 Å². The number of rotatable bonds is 2. The normalized spacial score (nSPS) is 17.4. The monoisotopic (exact) mass is 304 g/mol. The molecule has 2 aliphatic rings. The quantitative estimate of drug-likeness (QED) is 0.861. The third-order valence-electron chi connectivity index (χ3n) is 4.76. The first-order chi connectivity index (χ1) is 11.1. The molecule has 0 heterocycles. The Morgan fingerprint density at radius 3 is 2.57 bits per heavy atom. The van der Waals surface area contributed by atoms with Crippen molar-refractivity contribution in [2.75, 3.05) is 0 Å². The summed E-state index contributed by atoms with van der Waals surface area (Å²) in [5.41, 5.74) is 6.03. The predicted molar refractivity (Wildman–Crippen MR) is 87.9 cm³/mol. The van der Waals surface area contributed by atoms with Crippen molar-refractivity contribution >= 4 is 17.8 Å². The van der Waals surface area contributed by atoms with Crippen LogP contribution in [0.1, 0.15) is 49.4 Å². The number of carbonyl (C=O) groups excluding carboxylic acids is 1. The molecule has 0 saturated heterocycles. The Bertz CT molecular complexity index is 874. The molecule has 0 amide bonds. The van der Waals surface area contributed by atoms with Crippen molar-refractivity contribution < 1.29 is 14.7 Å². The number of aryl methyl sites for hydroxylation is 2. The number of ketones is 1. The number of hydrogen-bond acceptors (Lipinski definition) is 2. The molecule has 4 rings (SSSR count). The molecule has 2 aromatic rings. The van der Waals surface area contributed by atoms with Gasteiger partial charge in [0.15, 0.2) is 5.78 Å². The third kappa shape index (κ3) is 2.29. The Hall–Kier alpha value is -2.68. The Kier molecular flexibility index (Phi) is 3.15. The largest absolute Gasteiger partial charge is 0.478 e. The zero-order valence-electron chi connectivity index (χ0n) is 12.6. The van der Waals surface area contributed by atoms with Crippen molar-refractivity contribution in [3.05, 3.63) is 75.4 Å². The number of carbonyl (C=O) groups is 2. The van der Waals surface area contributed by atoms with E-state index >= 15 is 0 Å². The minimum atomic E-state index is -0.973. The fourth-order valence-corrected chi connectivity index (χ4v) is 3.61. The Labute approximate surface area is 134 Å². The number of hydrogen-bond donors (Lipinski definition) is 1. The van der Waals surface area contributed by atoms with Crippen molar-refractivity contribution in [2.24, 2.45) is 0 Å². The first-order valence-corrected chi connectivity index (χ1v) is 7.86. The third-order valence-corrected chi connectivity index (χ3v) is 4.76. The van der Waals surface area contributed by atoms with Gasteiger partial charge in [-0.1, -0.05) is 24.3 Å². The Morgan fingerprint density at radius 1 is 1.04 bits per heavy atom. The molecule has 3 nitrogen and oxygen atoms in total. The van der Waals surface area contributed by atoms with Crippen molar-refractivity contribution in [1.29, 1.82) is 0 Å². The second-order valence-electron chi connectivity index (χ2n) is 6.20. The van der Waals surface area contributed by atoms with E-state index in [2.05, 4.69) is 6.07 Å². The summed E-state index contributed by atoms with van der Waals surface area (Å²) < 4.78 is 0. The van der Waals surface area contributed by atoms with Crippen LogP contribution in [0, 0.1) is 0 Å². The molecular weight excluding hydrogens is 288 g/mol. The number of aromatic carboxylic acids is 1. The fraction of sp³-hybridized carbons (Fsp3) is 0.200. The molecule has 0 fully saturated rings. The molecule has 0 unspecified atom stereocenters. The minimum absolute atomic E-state index is 0.0369. The molecule has 114 valence electrons. The molecule has 2 aliphatic carbocycles. The van der Waals surface area contributed by atoms with Gasteiger partial charge in [-0.15, -0.1) is 0 Å². The van der Waals surface area contributed by atoms with Gasteiger partial charge >= 0.3 is 5.97 Å². The number of carboxylic acid groups (broad SMARTS) is 1. The first-order valence-electron chi connectivity index (χ1n) is 7.86. The highest BCUT2D eigenvalue weighted by Crippen LogP contribution is 2.33. The van der Waals surface area contributed by atoms with Crippen LogP contribution in [0.3, 0.4) is 0 Å². The van der Waals surface area contributed by atoms with E-state index in [1.165, 1.54) is 17.5 Å². The van der Waals surface area contributed by atoms with Crippen molar-refractivity contribution in [3.63, 3.8) is 0 Å². The van der Waals surface area contributed by atoms with Gasteiger partial charge in [-0.25, -0.2) is 4.79 Å². The van der Waals surface area contributed by atoms with E-state index in [9.17, 15) is 14.7 Å². The lowest BCUT2D eigenvalue weighted by atomic mass is 10.0. The lowest BCUT2D eigenvalue weighted by Crippen LogP contribution is -2.01. The average Bonchev–Trinajstić information content (AvgIpc) is 3.11. The summed E-state index contributed by atoms with van der Waals surface area (Å²) in [6, 6.07) is 11.0. The smallest absolute Gasteiger partial charge is 0.336 e. The second-order valence-corrected chi connectivity index (χ2v) is 6.20. The summed E-state index contributed by atoms with van der Waals surface area (Å²) in [6.45, 7) is 0. The van der Waals surface area contributed by atoms with Crippen LogP contribution in [0.4, 0.5) is 0 Å². The van der Waals surface area contributed by atoms with Crippen LogP contribution < -0.4 is 0 Å². The van der Waals surface area contributed by atoms with Gasteiger partial charge in [0.1, 0.15) is 0 Å². The molecule has 1 N–H and O–H groups in total. The SMILES string of the molecule is O=C(O)c1ccccc1/C=C1/Cc2cc3c(cc2C1=O)CCC3. The van der Waals surface area contributed by atoms with Gasteiger partial charge in [-0.2, -0.15) is 0 Å². The highest BCUT2D eigenvalue weighted by Gasteiger charge is 2.27. The van der Waals surface area contributed by atoms with Crippen LogP contribution in [-0.2, 0) is 19.3 Å². The van der Waals surface area contributed by atoms with Crippen molar-refractivity contribution in [1.82, 2.24) is 0 Å². The van der Waals surface area contributed by atoms with Crippen molar-refractivity contribution in [2.45, 2.75) is 25.7 Å². The number of carboxylic acids is 1. The van der Waals surface area contributed by atoms with Crippen molar-refractivity contribution in [3.8, 4) is 0 Å². The topological polar surface area (TPSA) is 54.4 Å². The maximum absolute atomic E-state index is 12.7. The number of fused-ring (bicyclic) bond motifs is 2. The first kappa shape index (κ1) is 13.9. The molecule has 0 spiro atoms. The molecule has 0 radical (unpaired) electrons. The summed E-state index contributed by atoms with van der Waals surface area (Å²) in [7, 11) is 0. The van der Waals surface area contributed by atoms with Crippen LogP contribution >= 0.6 is 0 Å². The van der Waals surface area contributed by atoms with E-state index in [-0.39, 0.29) is 11.3 Å². The summed E-state index contributed by atoms with van der Waals surface area (Å²) >= 11 is 0. The van der Waals surface area contributed by atoms with Crippen LogP contribution in [-0.4, -0.2) is 16.9 Å². The van der Waals surface area contributed by atoms with Gasteiger partial charge in [0.2, 0.25) is 0 Å². The van der Waals surface area contributed by atoms with E-state index in [0.717, 1.165) is 24.0 Å². The van der Waals surface area contributed by atoms with Gasteiger partial charge in [-0.3, -0.25) is 4.79 Å². The Morgan fingerprint density at radius 2 is 1.78 bits per heavy atom. The van der Waals surface area contributed by atoms with Crippen LogP contribution in [0.2, 0.25) is 0 Å². The zero-order chi connectivity index (χ0) is 16.0. The Balaban J connectivity index is 1.75. The maximum Gasteiger partial charge on any atom is 0.336 e. The average molecular weight is 304 g/mol. The van der Waals surface area contributed by atoms with Gasteiger partial charge in [-0.05, 0) is 59.7 Å². The molecule has 3 heteroatoms. The van der Waals surface area contributed by atoms with E-state index in [4.69, 9.17) is 0 Å².